The maximum absolute atomic E-state index is 11.1. The molecule has 1 amide bonds. The fourth-order valence-electron chi connectivity index (χ4n) is 1.93. The minimum absolute atomic E-state index is 0.181. The first-order valence-electron chi connectivity index (χ1n) is 4.86. The lowest BCUT2D eigenvalue weighted by Crippen LogP contribution is -2.28. The number of carbonyl (C=O) groups is 1. The molecule has 2 rings (SSSR count). The van der Waals surface area contributed by atoms with Crippen molar-refractivity contribution in [2.24, 2.45) is 11.8 Å². The van der Waals surface area contributed by atoms with Crippen LogP contribution in [0, 0.1) is 11.8 Å². The predicted octanol–water partition coefficient (Wildman–Crippen LogP) is 1.64. The highest BCUT2D eigenvalue weighted by molar-refractivity contribution is 5.80. The van der Waals surface area contributed by atoms with Crippen molar-refractivity contribution in [2.75, 3.05) is 0 Å². The Hall–Kier alpha value is -1.05. The lowest BCUT2D eigenvalue weighted by atomic mass is 9.88. The molecule has 0 radical (unpaired) electrons. The summed E-state index contributed by atoms with van der Waals surface area (Å²) in [5.41, 5.74) is 1.34. The molecule has 2 atom stereocenters. The molecule has 1 N–H and O–H groups in total. The van der Waals surface area contributed by atoms with Gasteiger partial charge in [0.1, 0.15) is 0 Å². The minimum atomic E-state index is 0.181. The fourth-order valence-corrected chi connectivity index (χ4v) is 1.93. The van der Waals surface area contributed by atoms with Crippen molar-refractivity contribution in [3.05, 3.63) is 23.8 Å². The van der Waals surface area contributed by atoms with E-state index in [-0.39, 0.29) is 11.9 Å². The van der Waals surface area contributed by atoms with Crippen LogP contribution in [0.5, 0.6) is 0 Å². The molecular formula is C11H15NO. The van der Waals surface area contributed by atoms with E-state index >= 15 is 0 Å². The SMILES string of the molecule is CC(C)C1=CC2NC(=O)CC2C=C1. The van der Waals surface area contributed by atoms with Crippen molar-refractivity contribution in [3.63, 3.8) is 0 Å². The third kappa shape index (κ3) is 1.53. The van der Waals surface area contributed by atoms with Crippen LogP contribution in [0.15, 0.2) is 23.8 Å². The lowest BCUT2D eigenvalue weighted by molar-refractivity contribution is -0.119. The van der Waals surface area contributed by atoms with Crippen LogP contribution in [-0.4, -0.2) is 11.9 Å². The van der Waals surface area contributed by atoms with Crippen LogP contribution in [0.2, 0.25) is 0 Å². The van der Waals surface area contributed by atoms with Crippen LogP contribution in [0.1, 0.15) is 20.3 Å². The van der Waals surface area contributed by atoms with E-state index in [0.717, 1.165) is 0 Å². The minimum Gasteiger partial charge on any atom is -0.349 e. The van der Waals surface area contributed by atoms with Gasteiger partial charge in [-0.05, 0) is 11.5 Å². The Morgan fingerprint density at radius 1 is 1.54 bits per heavy atom. The molecule has 2 unspecified atom stereocenters. The van der Waals surface area contributed by atoms with Crippen molar-refractivity contribution < 1.29 is 4.79 Å². The van der Waals surface area contributed by atoms with Gasteiger partial charge in [0, 0.05) is 12.3 Å². The maximum Gasteiger partial charge on any atom is 0.221 e. The van der Waals surface area contributed by atoms with E-state index in [0.29, 0.717) is 18.3 Å². The van der Waals surface area contributed by atoms with Crippen molar-refractivity contribution in [1.82, 2.24) is 5.32 Å². The molecule has 0 aromatic carbocycles. The second-order valence-corrected chi connectivity index (χ2v) is 4.14. The van der Waals surface area contributed by atoms with Gasteiger partial charge in [-0.15, -0.1) is 0 Å². The first-order chi connectivity index (χ1) is 6.16. The highest BCUT2D eigenvalue weighted by Gasteiger charge is 2.30. The molecule has 1 saturated heterocycles. The van der Waals surface area contributed by atoms with Crippen LogP contribution in [-0.2, 0) is 4.79 Å². The molecule has 70 valence electrons. The summed E-state index contributed by atoms with van der Waals surface area (Å²) >= 11 is 0. The quantitative estimate of drug-likeness (QED) is 0.648. The first kappa shape index (κ1) is 8.54. The van der Waals surface area contributed by atoms with E-state index in [1.165, 1.54) is 5.57 Å². The molecule has 0 aromatic rings. The second-order valence-electron chi connectivity index (χ2n) is 4.14. The van der Waals surface area contributed by atoms with Crippen molar-refractivity contribution in [1.29, 1.82) is 0 Å². The summed E-state index contributed by atoms with van der Waals surface area (Å²) in [6, 6.07) is 0.259. The zero-order valence-electron chi connectivity index (χ0n) is 8.08. The largest absolute Gasteiger partial charge is 0.349 e. The molecule has 1 fully saturated rings. The third-order valence-electron chi connectivity index (χ3n) is 2.78. The van der Waals surface area contributed by atoms with Crippen molar-refractivity contribution in [3.8, 4) is 0 Å². The van der Waals surface area contributed by atoms with Gasteiger partial charge in [0.2, 0.25) is 5.91 Å². The average molecular weight is 177 g/mol. The van der Waals surface area contributed by atoms with Gasteiger partial charge in [-0.1, -0.05) is 32.1 Å². The molecule has 1 aliphatic carbocycles. The number of hydrogen-bond donors (Lipinski definition) is 1. The molecule has 1 aliphatic heterocycles. The standard InChI is InChI=1S/C11H15NO/c1-7(2)8-3-4-9-6-11(13)12-10(9)5-8/h3-5,7,9-10H,6H2,1-2H3,(H,12,13). The molecule has 0 spiro atoms. The maximum atomic E-state index is 11.1. The van der Waals surface area contributed by atoms with E-state index < -0.39 is 0 Å². The summed E-state index contributed by atoms with van der Waals surface area (Å²) in [7, 11) is 0. The van der Waals surface area contributed by atoms with E-state index in [9.17, 15) is 4.79 Å². The molecule has 2 nitrogen and oxygen atoms in total. The van der Waals surface area contributed by atoms with Gasteiger partial charge in [-0.3, -0.25) is 4.79 Å². The van der Waals surface area contributed by atoms with E-state index in [1.54, 1.807) is 0 Å². The summed E-state index contributed by atoms with van der Waals surface area (Å²) in [4.78, 5) is 11.1. The molecule has 0 saturated carbocycles. The smallest absolute Gasteiger partial charge is 0.221 e. The summed E-state index contributed by atoms with van der Waals surface area (Å²) in [5, 5.41) is 2.97. The Bertz CT molecular complexity index is 288. The monoisotopic (exact) mass is 177 g/mol. The Morgan fingerprint density at radius 2 is 2.31 bits per heavy atom. The second kappa shape index (κ2) is 3.02. The predicted molar refractivity (Wildman–Crippen MR) is 52.1 cm³/mol. The Morgan fingerprint density at radius 3 is 3.00 bits per heavy atom. The van der Waals surface area contributed by atoms with Gasteiger partial charge >= 0.3 is 0 Å². The highest BCUT2D eigenvalue weighted by atomic mass is 16.1. The molecule has 2 aliphatic rings. The highest BCUT2D eigenvalue weighted by Crippen LogP contribution is 2.27. The lowest BCUT2D eigenvalue weighted by Gasteiger charge is -2.19. The Labute approximate surface area is 78.7 Å². The topological polar surface area (TPSA) is 29.1 Å². The molecule has 0 bridgehead atoms. The zero-order chi connectivity index (χ0) is 9.42. The van der Waals surface area contributed by atoms with E-state index in [1.807, 2.05) is 0 Å². The van der Waals surface area contributed by atoms with Gasteiger partial charge in [-0.2, -0.15) is 0 Å². The number of rotatable bonds is 1. The van der Waals surface area contributed by atoms with Crippen LogP contribution in [0.4, 0.5) is 0 Å². The molecule has 13 heavy (non-hydrogen) atoms. The number of fused-ring (bicyclic) bond motifs is 1. The van der Waals surface area contributed by atoms with E-state index in [2.05, 4.69) is 37.4 Å². The number of allylic oxidation sites excluding steroid dienone is 2. The first-order valence-corrected chi connectivity index (χ1v) is 4.86. The summed E-state index contributed by atoms with van der Waals surface area (Å²) in [5.74, 6) is 1.13. The van der Waals surface area contributed by atoms with Crippen LogP contribution in [0.25, 0.3) is 0 Å². The van der Waals surface area contributed by atoms with Crippen molar-refractivity contribution in [2.45, 2.75) is 26.3 Å². The van der Waals surface area contributed by atoms with Gasteiger partial charge in [-0.25, -0.2) is 0 Å². The molecule has 0 aromatic heterocycles. The molecular weight excluding hydrogens is 162 g/mol. The summed E-state index contributed by atoms with van der Waals surface area (Å²) < 4.78 is 0. The number of amides is 1. The van der Waals surface area contributed by atoms with E-state index in [4.69, 9.17) is 0 Å². The average Bonchev–Trinajstić information content (AvgIpc) is 2.42. The third-order valence-corrected chi connectivity index (χ3v) is 2.78. The number of nitrogens with one attached hydrogen (secondary N) is 1. The Balaban J connectivity index is 2.18. The summed E-state index contributed by atoms with van der Waals surface area (Å²) in [6.07, 6.45) is 7.17. The van der Waals surface area contributed by atoms with Gasteiger partial charge < -0.3 is 5.32 Å². The fraction of sp³-hybridized carbons (Fsp3) is 0.545. The van der Waals surface area contributed by atoms with Gasteiger partial charge in [0.25, 0.3) is 0 Å². The van der Waals surface area contributed by atoms with Crippen LogP contribution in [0.3, 0.4) is 0 Å². The zero-order valence-corrected chi connectivity index (χ0v) is 8.08. The normalized spacial score (nSPS) is 31.6. The van der Waals surface area contributed by atoms with Crippen molar-refractivity contribution >= 4 is 5.91 Å². The molecule has 1 heterocycles. The number of carbonyl (C=O) groups excluding carboxylic acids is 1. The van der Waals surface area contributed by atoms with Gasteiger partial charge in [0.05, 0.1) is 6.04 Å². The van der Waals surface area contributed by atoms with Crippen LogP contribution >= 0.6 is 0 Å². The molecule has 2 heteroatoms. The number of hydrogen-bond acceptors (Lipinski definition) is 1. The van der Waals surface area contributed by atoms with Crippen LogP contribution < -0.4 is 5.32 Å². The summed E-state index contributed by atoms with van der Waals surface area (Å²) in [6.45, 7) is 4.35. The Kier molecular flexibility index (Phi) is 1.98. The van der Waals surface area contributed by atoms with Gasteiger partial charge in [0.15, 0.2) is 0 Å².